The maximum atomic E-state index is 13.1. The van der Waals surface area contributed by atoms with Crippen LogP contribution >= 0.6 is 0 Å². The number of alkyl halides is 6. The number of nitrogens with zero attached hydrogens (tertiary/aromatic N) is 3. The molecule has 0 amide bonds. The predicted octanol–water partition coefficient (Wildman–Crippen LogP) is 8.28. The molecule has 1 aliphatic carbocycles. The fraction of sp³-hybridized carbons (Fsp3) is 0.100. The summed E-state index contributed by atoms with van der Waals surface area (Å²) in [5, 5.41) is 30.0. The monoisotopic (exact) mass is 531 g/mol. The second-order valence-electron chi connectivity index (χ2n) is 8.60. The van der Waals surface area contributed by atoms with Crippen LogP contribution in [0.4, 0.5) is 26.3 Å². The Kier molecular flexibility index (Phi) is 6.92. The van der Waals surface area contributed by atoms with Crippen LogP contribution in [0.1, 0.15) is 33.4 Å². The summed E-state index contributed by atoms with van der Waals surface area (Å²) in [6, 6.07) is 20.6. The molecule has 1 saturated carbocycles. The summed E-state index contributed by atoms with van der Waals surface area (Å²) in [5.74, 6) is 0. The first-order chi connectivity index (χ1) is 18.4. The van der Waals surface area contributed by atoms with E-state index in [1.165, 1.54) is 0 Å². The van der Waals surface area contributed by atoms with Crippen LogP contribution in [-0.4, -0.2) is 0 Å². The van der Waals surface area contributed by atoms with E-state index in [2.05, 4.69) is 6.07 Å². The molecule has 3 aromatic carbocycles. The average molecular weight is 531 g/mol. The zero-order chi connectivity index (χ0) is 28.5. The molecule has 0 unspecified atom stereocenters. The summed E-state index contributed by atoms with van der Waals surface area (Å²) in [6.07, 6.45) is -9.19. The minimum atomic E-state index is -4.59. The third-order valence-corrected chi connectivity index (χ3v) is 6.11. The highest BCUT2D eigenvalue weighted by Crippen LogP contribution is 2.56. The van der Waals surface area contributed by atoms with Crippen LogP contribution in [-0.2, 0) is 12.4 Å². The molecule has 1 fully saturated rings. The number of nitriles is 3. The van der Waals surface area contributed by atoms with Gasteiger partial charge in [0.2, 0.25) is 0 Å². The summed E-state index contributed by atoms with van der Waals surface area (Å²) >= 11 is 0. The first-order valence-corrected chi connectivity index (χ1v) is 11.3. The zero-order valence-electron chi connectivity index (χ0n) is 20.0. The number of aryl methyl sites for hydroxylation is 1. The molecule has 0 bridgehead atoms. The van der Waals surface area contributed by atoms with Gasteiger partial charge in [-0.3, -0.25) is 0 Å². The van der Waals surface area contributed by atoms with E-state index in [9.17, 15) is 42.1 Å². The van der Waals surface area contributed by atoms with Gasteiger partial charge in [-0.1, -0.05) is 54.1 Å². The lowest BCUT2D eigenvalue weighted by Gasteiger charge is -2.07. The smallest absolute Gasteiger partial charge is 0.192 e. The van der Waals surface area contributed by atoms with Gasteiger partial charge >= 0.3 is 12.4 Å². The summed E-state index contributed by atoms with van der Waals surface area (Å²) in [6.45, 7) is 1.84. The van der Waals surface area contributed by atoms with Crippen molar-refractivity contribution in [3.05, 3.63) is 123 Å². The fourth-order valence-corrected chi connectivity index (χ4v) is 4.10. The molecule has 3 aromatic rings. The van der Waals surface area contributed by atoms with Gasteiger partial charge in [-0.2, -0.15) is 42.1 Å². The molecule has 0 aliphatic heterocycles. The first kappa shape index (κ1) is 27.0. The topological polar surface area (TPSA) is 71.4 Å². The molecule has 0 aromatic heterocycles. The van der Waals surface area contributed by atoms with Crippen LogP contribution in [0.2, 0.25) is 0 Å². The van der Waals surface area contributed by atoms with Gasteiger partial charge in [-0.25, -0.2) is 0 Å². The highest BCUT2D eigenvalue weighted by molar-refractivity contribution is 6.12. The lowest BCUT2D eigenvalue weighted by molar-refractivity contribution is -0.138. The van der Waals surface area contributed by atoms with Gasteiger partial charge in [-0.15, -0.1) is 0 Å². The maximum absolute atomic E-state index is 13.1. The normalized spacial score (nSPS) is 16.9. The zero-order valence-corrected chi connectivity index (χ0v) is 20.0. The predicted molar refractivity (Wildman–Crippen MR) is 132 cm³/mol. The van der Waals surface area contributed by atoms with E-state index in [1.54, 1.807) is 24.3 Å². The van der Waals surface area contributed by atoms with Gasteiger partial charge in [0.1, 0.15) is 18.2 Å². The van der Waals surface area contributed by atoms with Gasteiger partial charge in [0.05, 0.1) is 27.8 Å². The quantitative estimate of drug-likeness (QED) is 0.252. The number of hydrogen-bond acceptors (Lipinski definition) is 3. The first-order valence-electron chi connectivity index (χ1n) is 11.3. The fourth-order valence-electron chi connectivity index (χ4n) is 4.10. The van der Waals surface area contributed by atoms with Gasteiger partial charge in [0.15, 0.2) is 0 Å². The molecule has 0 atom stereocenters. The summed E-state index contributed by atoms with van der Waals surface area (Å²) in [4.78, 5) is 0. The summed E-state index contributed by atoms with van der Waals surface area (Å²) in [5.41, 5.74) is 0.323. The number of benzene rings is 3. The summed E-state index contributed by atoms with van der Waals surface area (Å²) in [7, 11) is 0. The molecule has 39 heavy (non-hydrogen) atoms. The molecule has 0 radical (unpaired) electrons. The largest absolute Gasteiger partial charge is 0.416 e. The van der Waals surface area contributed by atoms with E-state index in [4.69, 9.17) is 0 Å². The molecule has 0 heterocycles. The number of halogens is 6. The molecule has 0 saturated heterocycles. The van der Waals surface area contributed by atoms with Crippen LogP contribution in [0, 0.1) is 40.9 Å². The van der Waals surface area contributed by atoms with Crippen LogP contribution in [0.25, 0.3) is 16.7 Å². The Hall–Kier alpha value is -5.07. The molecule has 192 valence electrons. The van der Waals surface area contributed by atoms with Crippen LogP contribution in [0.3, 0.4) is 0 Å². The maximum Gasteiger partial charge on any atom is 0.416 e. The van der Waals surface area contributed by atoms with E-state index in [0.717, 1.165) is 54.1 Å². The molecule has 0 spiro atoms. The molecule has 3 nitrogen and oxygen atoms in total. The van der Waals surface area contributed by atoms with E-state index >= 15 is 0 Å². The van der Waals surface area contributed by atoms with Crippen molar-refractivity contribution in [2.75, 3.05) is 0 Å². The number of allylic oxidation sites excluding steroid dienone is 6. The Labute approximate surface area is 219 Å². The van der Waals surface area contributed by atoms with Crippen molar-refractivity contribution in [2.45, 2.75) is 19.3 Å². The molecular formula is C30H15F6N3. The van der Waals surface area contributed by atoms with E-state index in [0.29, 0.717) is 5.56 Å². The lowest BCUT2D eigenvalue weighted by atomic mass is 10.0. The Bertz CT molecular complexity index is 1570. The van der Waals surface area contributed by atoms with Crippen molar-refractivity contribution < 1.29 is 26.3 Å². The number of rotatable bonds is 3. The lowest BCUT2D eigenvalue weighted by Crippen LogP contribution is -2.04. The average Bonchev–Trinajstić information content (AvgIpc) is 3.60. The van der Waals surface area contributed by atoms with Crippen LogP contribution in [0.5, 0.6) is 0 Å². The molecular weight excluding hydrogens is 516 g/mol. The van der Waals surface area contributed by atoms with Crippen molar-refractivity contribution in [3.63, 3.8) is 0 Å². The van der Waals surface area contributed by atoms with E-state index in [1.807, 2.05) is 19.1 Å². The molecule has 0 N–H and O–H groups in total. The molecule has 9 heteroatoms. The van der Waals surface area contributed by atoms with Crippen molar-refractivity contribution in [1.82, 2.24) is 0 Å². The van der Waals surface area contributed by atoms with Crippen LogP contribution < -0.4 is 0 Å². The number of hydrogen-bond donors (Lipinski definition) is 0. The van der Waals surface area contributed by atoms with Gasteiger partial charge < -0.3 is 0 Å². The Morgan fingerprint density at radius 3 is 0.974 bits per heavy atom. The SMILES string of the molecule is Cc1ccc(/C(C#N)=C2/C(=C(C#N)c3ccc(C(F)(F)F)cc3)/C2=C(/C#N)c2ccc(C(F)(F)F)cc2)cc1. The Morgan fingerprint density at radius 2 is 0.744 bits per heavy atom. The van der Waals surface area contributed by atoms with Crippen molar-refractivity contribution in [1.29, 1.82) is 15.8 Å². The molecule has 4 rings (SSSR count). The second kappa shape index (κ2) is 10.0. The molecule has 1 aliphatic rings. The van der Waals surface area contributed by atoms with E-state index in [-0.39, 0.29) is 44.6 Å². The Morgan fingerprint density at radius 1 is 0.487 bits per heavy atom. The van der Waals surface area contributed by atoms with E-state index < -0.39 is 23.5 Å². The van der Waals surface area contributed by atoms with Crippen molar-refractivity contribution in [3.8, 4) is 18.2 Å². The standard InChI is InChI=1S/C30H15F6N3/c1-17-2-4-18(5-3-17)23(14-37)26-27(24(15-38)19-6-10-21(11-7-19)29(31,32)33)28(26)25(16-39)20-8-12-22(13-9-20)30(34,35)36/h2-13H,1H3/b26-23-,27-24?,28-25-. The minimum Gasteiger partial charge on any atom is -0.192 e. The summed E-state index contributed by atoms with van der Waals surface area (Å²) < 4.78 is 78.4. The van der Waals surface area contributed by atoms with Crippen molar-refractivity contribution in [2.24, 2.45) is 0 Å². The highest BCUT2D eigenvalue weighted by atomic mass is 19.4. The Balaban J connectivity index is 2.00. The van der Waals surface area contributed by atoms with Crippen molar-refractivity contribution >= 4 is 16.7 Å². The third-order valence-electron chi connectivity index (χ3n) is 6.11. The van der Waals surface area contributed by atoms with Gasteiger partial charge in [0.25, 0.3) is 0 Å². The minimum absolute atomic E-state index is 0.0757. The second-order valence-corrected chi connectivity index (χ2v) is 8.60. The highest BCUT2D eigenvalue weighted by Gasteiger charge is 2.41. The van der Waals surface area contributed by atoms with Gasteiger partial charge in [-0.05, 0) is 47.9 Å². The third kappa shape index (κ3) is 5.32. The van der Waals surface area contributed by atoms with Crippen LogP contribution in [0.15, 0.2) is 89.5 Å². The van der Waals surface area contributed by atoms with Gasteiger partial charge in [0, 0.05) is 16.7 Å².